The van der Waals surface area contributed by atoms with Gasteiger partial charge in [0.2, 0.25) is 0 Å². The van der Waals surface area contributed by atoms with Crippen molar-refractivity contribution in [2.24, 2.45) is 0 Å². The van der Waals surface area contributed by atoms with E-state index in [2.05, 4.69) is 69.4 Å². The Labute approximate surface area is 473 Å². The minimum absolute atomic E-state index is 0.0807. The minimum Gasteiger partial charge on any atom is -0.462 e. The van der Waals surface area contributed by atoms with Crippen LogP contribution in [0.15, 0.2) is 48.6 Å². The van der Waals surface area contributed by atoms with E-state index in [-0.39, 0.29) is 31.1 Å². The van der Waals surface area contributed by atoms with Gasteiger partial charge in [-0.3, -0.25) is 14.4 Å². The van der Waals surface area contributed by atoms with E-state index in [0.29, 0.717) is 19.3 Å². The van der Waals surface area contributed by atoms with E-state index in [1.165, 1.54) is 238 Å². The lowest BCUT2D eigenvalue weighted by Crippen LogP contribution is -2.30. The summed E-state index contributed by atoms with van der Waals surface area (Å²) < 4.78 is 16.9. The number of allylic oxidation sites excluding steroid dienone is 8. The minimum atomic E-state index is -0.786. The van der Waals surface area contributed by atoms with Crippen molar-refractivity contribution in [3.8, 4) is 0 Å². The topological polar surface area (TPSA) is 78.9 Å². The summed E-state index contributed by atoms with van der Waals surface area (Å²) >= 11 is 0. The fourth-order valence-corrected chi connectivity index (χ4v) is 10.0. The number of unbranched alkanes of at least 4 members (excludes halogenated alkanes) is 43. The summed E-state index contributed by atoms with van der Waals surface area (Å²) in [6.45, 7) is 6.55. The Morgan fingerprint density at radius 3 is 0.829 bits per heavy atom. The highest BCUT2D eigenvalue weighted by Gasteiger charge is 2.19. The summed E-state index contributed by atoms with van der Waals surface area (Å²) in [6, 6.07) is 0. The highest BCUT2D eigenvalue weighted by atomic mass is 16.6. The molecule has 0 heterocycles. The summed E-state index contributed by atoms with van der Waals surface area (Å²) in [7, 11) is 0. The number of carbonyl (C=O) groups excluding carboxylic acids is 3. The van der Waals surface area contributed by atoms with Gasteiger partial charge in [0.1, 0.15) is 13.2 Å². The lowest BCUT2D eigenvalue weighted by Gasteiger charge is -2.18. The maximum Gasteiger partial charge on any atom is 0.306 e. The van der Waals surface area contributed by atoms with E-state index in [1.54, 1.807) is 0 Å². The standard InChI is InChI=1S/C70H128O6/c1-4-7-10-13-16-19-22-25-27-29-31-32-33-34-35-36-37-38-39-41-42-45-48-51-54-57-60-63-69(72)75-66-67(65-74-68(71)62-59-56-53-50-47-44-24-21-18-15-12-9-6-3)76-70(73)64-61-58-55-52-49-46-43-40-30-28-26-23-20-17-14-11-8-5-2/h9,12,18,21,28,30,44,47,67H,4-8,10-11,13-17,19-20,22-27,29,31-43,45-46,48-66H2,1-3H3/b12-9-,21-18-,30-28-,47-44-. The van der Waals surface area contributed by atoms with Gasteiger partial charge < -0.3 is 14.2 Å². The Kier molecular flexibility index (Phi) is 62.6. The molecular formula is C70H128O6. The molecule has 0 amide bonds. The average molecular weight is 1070 g/mol. The van der Waals surface area contributed by atoms with Crippen LogP contribution in [0.2, 0.25) is 0 Å². The third-order valence-corrected chi connectivity index (χ3v) is 15.1. The Morgan fingerprint density at radius 2 is 0.513 bits per heavy atom. The highest BCUT2D eigenvalue weighted by molar-refractivity contribution is 5.71. The second-order valence-electron chi connectivity index (χ2n) is 22.7. The molecule has 0 N–H and O–H groups in total. The molecule has 0 fully saturated rings. The molecule has 0 aliphatic carbocycles. The smallest absolute Gasteiger partial charge is 0.306 e. The van der Waals surface area contributed by atoms with Gasteiger partial charge in [-0.2, -0.15) is 0 Å². The summed E-state index contributed by atoms with van der Waals surface area (Å²) in [5.41, 5.74) is 0. The molecule has 0 spiro atoms. The number of rotatable bonds is 62. The molecule has 444 valence electrons. The average Bonchev–Trinajstić information content (AvgIpc) is 3.42. The Morgan fingerprint density at radius 1 is 0.276 bits per heavy atom. The van der Waals surface area contributed by atoms with Crippen LogP contribution >= 0.6 is 0 Å². The van der Waals surface area contributed by atoms with Gasteiger partial charge in [-0.25, -0.2) is 0 Å². The first-order valence-electron chi connectivity index (χ1n) is 33.6. The zero-order chi connectivity index (χ0) is 55.0. The van der Waals surface area contributed by atoms with Crippen LogP contribution in [-0.4, -0.2) is 37.2 Å². The zero-order valence-electron chi connectivity index (χ0n) is 51.0. The van der Waals surface area contributed by atoms with Crippen LogP contribution in [0.4, 0.5) is 0 Å². The molecule has 6 nitrogen and oxygen atoms in total. The van der Waals surface area contributed by atoms with E-state index in [1.807, 2.05) is 0 Å². The molecule has 76 heavy (non-hydrogen) atoms. The van der Waals surface area contributed by atoms with Crippen LogP contribution in [-0.2, 0) is 28.6 Å². The summed E-state index contributed by atoms with van der Waals surface area (Å²) in [5.74, 6) is -0.894. The first kappa shape index (κ1) is 73.4. The normalized spacial score (nSPS) is 12.3. The van der Waals surface area contributed by atoms with Crippen LogP contribution in [0.3, 0.4) is 0 Å². The predicted molar refractivity (Wildman–Crippen MR) is 330 cm³/mol. The number of ether oxygens (including phenoxy) is 3. The van der Waals surface area contributed by atoms with Crippen molar-refractivity contribution in [2.75, 3.05) is 13.2 Å². The Balaban J connectivity index is 4.22. The van der Waals surface area contributed by atoms with Gasteiger partial charge in [-0.05, 0) is 77.0 Å². The third-order valence-electron chi connectivity index (χ3n) is 15.1. The molecular weight excluding hydrogens is 937 g/mol. The quantitative estimate of drug-likeness (QED) is 0.0261. The van der Waals surface area contributed by atoms with Crippen molar-refractivity contribution >= 4 is 17.9 Å². The number of carbonyl (C=O) groups is 3. The maximum atomic E-state index is 12.9. The maximum absolute atomic E-state index is 12.9. The first-order valence-corrected chi connectivity index (χ1v) is 33.6. The molecule has 1 unspecified atom stereocenters. The Bertz CT molecular complexity index is 1310. The fraction of sp³-hybridized carbons (Fsp3) is 0.843. The van der Waals surface area contributed by atoms with Crippen LogP contribution in [0.25, 0.3) is 0 Å². The summed E-state index contributed by atoms with van der Waals surface area (Å²) in [5, 5.41) is 0. The van der Waals surface area contributed by atoms with E-state index >= 15 is 0 Å². The molecule has 1 atom stereocenters. The van der Waals surface area contributed by atoms with Gasteiger partial charge in [0.15, 0.2) is 6.10 Å². The SMILES string of the molecule is CC/C=C\C/C=C\C/C=C\CCCCCC(=O)OCC(COC(=O)CCCCCCCCCCCCCCCCCCCCCCCCCCCCC)OC(=O)CCCCCCCCC/C=C\CCCCCCCCC. The molecule has 0 rings (SSSR count). The monoisotopic (exact) mass is 1060 g/mol. The van der Waals surface area contributed by atoms with Crippen molar-refractivity contribution in [1.82, 2.24) is 0 Å². The predicted octanol–water partition coefficient (Wildman–Crippen LogP) is 22.9. The van der Waals surface area contributed by atoms with Gasteiger partial charge in [-0.1, -0.05) is 313 Å². The second kappa shape index (κ2) is 64.9. The highest BCUT2D eigenvalue weighted by Crippen LogP contribution is 2.18. The van der Waals surface area contributed by atoms with Crippen LogP contribution < -0.4 is 0 Å². The Hall–Kier alpha value is -2.63. The summed E-state index contributed by atoms with van der Waals surface area (Å²) in [4.78, 5) is 38.3. The lowest BCUT2D eigenvalue weighted by atomic mass is 10.0. The molecule has 0 radical (unpaired) electrons. The van der Waals surface area contributed by atoms with E-state index in [0.717, 1.165) is 83.5 Å². The van der Waals surface area contributed by atoms with Crippen molar-refractivity contribution in [2.45, 2.75) is 367 Å². The molecule has 0 saturated carbocycles. The molecule has 0 aromatic carbocycles. The van der Waals surface area contributed by atoms with E-state index in [9.17, 15) is 14.4 Å². The third kappa shape index (κ3) is 62.2. The molecule has 6 heteroatoms. The van der Waals surface area contributed by atoms with Gasteiger partial charge in [0.25, 0.3) is 0 Å². The largest absolute Gasteiger partial charge is 0.462 e. The second-order valence-corrected chi connectivity index (χ2v) is 22.7. The molecule has 0 bridgehead atoms. The van der Waals surface area contributed by atoms with Gasteiger partial charge in [-0.15, -0.1) is 0 Å². The summed E-state index contributed by atoms with van der Waals surface area (Å²) in [6.07, 6.45) is 81.5. The van der Waals surface area contributed by atoms with Gasteiger partial charge >= 0.3 is 17.9 Å². The van der Waals surface area contributed by atoms with Crippen LogP contribution in [0.5, 0.6) is 0 Å². The fourth-order valence-electron chi connectivity index (χ4n) is 10.0. The lowest BCUT2D eigenvalue weighted by molar-refractivity contribution is -0.167. The number of esters is 3. The van der Waals surface area contributed by atoms with Crippen LogP contribution in [0, 0.1) is 0 Å². The zero-order valence-corrected chi connectivity index (χ0v) is 51.0. The van der Waals surface area contributed by atoms with E-state index < -0.39 is 6.10 Å². The molecule has 0 aromatic heterocycles. The molecule has 0 aromatic rings. The number of hydrogen-bond acceptors (Lipinski definition) is 6. The van der Waals surface area contributed by atoms with Gasteiger partial charge in [0.05, 0.1) is 0 Å². The van der Waals surface area contributed by atoms with Crippen molar-refractivity contribution in [3.63, 3.8) is 0 Å². The molecule has 0 saturated heterocycles. The molecule has 0 aliphatic rings. The van der Waals surface area contributed by atoms with Crippen molar-refractivity contribution < 1.29 is 28.6 Å². The van der Waals surface area contributed by atoms with Gasteiger partial charge in [0, 0.05) is 19.3 Å². The van der Waals surface area contributed by atoms with Crippen molar-refractivity contribution in [1.29, 1.82) is 0 Å². The van der Waals surface area contributed by atoms with Crippen LogP contribution in [0.1, 0.15) is 361 Å². The van der Waals surface area contributed by atoms with Crippen molar-refractivity contribution in [3.05, 3.63) is 48.6 Å². The molecule has 0 aliphatic heterocycles. The van der Waals surface area contributed by atoms with E-state index in [4.69, 9.17) is 14.2 Å². The first-order chi connectivity index (χ1) is 37.5. The number of hydrogen-bond donors (Lipinski definition) is 0.